The van der Waals surface area contributed by atoms with E-state index < -0.39 is 0 Å². The van der Waals surface area contributed by atoms with Gasteiger partial charge in [0.05, 0.1) is 29.9 Å². The van der Waals surface area contributed by atoms with Gasteiger partial charge in [0, 0.05) is 11.6 Å². The molecule has 1 saturated carbocycles. The van der Waals surface area contributed by atoms with E-state index >= 15 is 0 Å². The van der Waals surface area contributed by atoms with E-state index in [0.29, 0.717) is 11.5 Å². The smallest absolute Gasteiger partial charge is 0.0632 e. The van der Waals surface area contributed by atoms with Gasteiger partial charge in [-0.05, 0) is 28.8 Å². The fraction of sp³-hybridized carbons (Fsp3) is 0.667. The lowest BCUT2D eigenvalue weighted by Gasteiger charge is -2.53. The van der Waals surface area contributed by atoms with Gasteiger partial charge in [0.1, 0.15) is 0 Å². The monoisotopic (exact) mass is 242 g/mol. The normalized spacial score (nSPS) is 25.6. The Morgan fingerprint density at radius 2 is 2.31 bits per heavy atom. The summed E-state index contributed by atoms with van der Waals surface area (Å²) < 4.78 is 8.36. The number of hydrogen-bond donors (Lipinski definition) is 0. The molecule has 1 spiro atoms. The zero-order chi connectivity index (χ0) is 8.89. The van der Waals surface area contributed by atoms with Crippen LogP contribution in [-0.4, -0.2) is 23.0 Å². The molecule has 0 radical (unpaired) electrons. The number of rotatable bonds is 1. The molecule has 2 fully saturated rings. The maximum Gasteiger partial charge on any atom is 0.0632 e. The van der Waals surface area contributed by atoms with Gasteiger partial charge < -0.3 is 4.74 Å². The summed E-state index contributed by atoms with van der Waals surface area (Å²) in [4.78, 5) is 0. The molecule has 2 aliphatic rings. The first-order valence-electron chi connectivity index (χ1n) is 4.55. The first-order valence-corrected chi connectivity index (χ1v) is 5.34. The van der Waals surface area contributed by atoms with Gasteiger partial charge in [-0.25, -0.2) is 0 Å². The lowest BCUT2D eigenvalue weighted by atomic mass is 9.64. The van der Waals surface area contributed by atoms with Gasteiger partial charge in [0.25, 0.3) is 0 Å². The van der Waals surface area contributed by atoms with E-state index in [2.05, 4.69) is 31.9 Å². The second-order valence-corrected chi connectivity index (χ2v) is 5.11. The minimum absolute atomic E-state index is 0.531. The molecule has 0 aromatic carbocycles. The molecule has 13 heavy (non-hydrogen) atoms. The van der Waals surface area contributed by atoms with Crippen molar-refractivity contribution in [2.24, 2.45) is 5.41 Å². The predicted molar refractivity (Wildman–Crippen MR) is 51.5 cm³/mol. The summed E-state index contributed by atoms with van der Waals surface area (Å²) in [5.41, 5.74) is 0.531. The molecule has 1 aliphatic carbocycles. The Hall–Kier alpha value is -0.350. The van der Waals surface area contributed by atoms with Crippen LogP contribution in [0.25, 0.3) is 0 Å². The highest BCUT2D eigenvalue weighted by atomic mass is 79.9. The van der Waals surface area contributed by atoms with Crippen molar-refractivity contribution in [3.05, 3.63) is 16.9 Å². The molecule has 0 atom stereocenters. The molecule has 1 aromatic rings. The Kier molecular flexibility index (Phi) is 1.58. The lowest BCUT2D eigenvalue weighted by molar-refractivity contribution is -0.176. The maximum atomic E-state index is 5.23. The average molecular weight is 243 g/mol. The van der Waals surface area contributed by atoms with Crippen LogP contribution in [0.3, 0.4) is 0 Å². The molecular weight excluding hydrogens is 232 g/mol. The van der Waals surface area contributed by atoms with Crippen molar-refractivity contribution in [1.82, 2.24) is 9.78 Å². The molecule has 3 nitrogen and oxygen atoms in total. The molecule has 1 aliphatic heterocycles. The summed E-state index contributed by atoms with van der Waals surface area (Å²) in [5.74, 6) is 0. The van der Waals surface area contributed by atoms with Crippen molar-refractivity contribution in [3.8, 4) is 0 Å². The van der Waals surface area contributed by atoms with Gasteiger partial charge >= 0.3 is 0 Å². The van der Waals surface area contributed by atoms with E-state index in [1.54, 1.807) is 0 Å². The molecule has 4 heteroatoms. The summed E-state index contributed by atoms with van der Waals surface area (Å²) in [6, 6.07) is 0.607. The van der Waals surface area contributed by atoms with Crippen LogP contribution < -0.4 is 0 Å². The minimum atomic E-state index is 0.531. The summed E-state index contributed by atoms with van der Waals surface area (Å²) >= 11 is 3.41. The molecule has 2 heterocycles. The van der Waals surface area contributed by atoms with E-state index in [0.717, 1.165) is 17.7 Å². The van der Waals surface area contributed by atoms with Crippen molar-refractivity contribution in [2.75, 3.05) is 13.2 Å². The highest BCUT2D eigenvalue weighted by Crippen LogP contribution is 2.52. The van der Waals surface area contributed by atoms with Crippen LogP contribution in [0.5, 0.6) is 0 Å². The number of ether oxygens (including phenoxy) is 1. The van der Waals surface area contributed by atoms with Crippen LogP contribution >= 0.6 is 15.9 Å². The zero-order valence-electron chi connectivity index (χ0n) is 7.24. The summed E-state index contributed by atoms with van der Waals surface area (Å²) in [7, 11) is 0. The number of nitrogens with zero attached hydrogens (tertiary/aromatic N) is 2. The van der Waals surface area contributed by atoms with Crippen molar-refractivity contribution in [3.63, 3.8) is 0 Å². The molecule has 0 N–H and O–H groups in total. The topological polar surface area (TPSA) is 27.1 Å². The van der Waals surface area contributed by atoms with Crippen molar-refractivity contribution >= 4 is 15.9 Å². The van der Waals surface area contributed by atoms with E-state index in [1.807, 2.05) is 6.20 Å². The van der Waals surface area contributed by atoms with Crippen LogP contribution in [0.15, 0.2) is 16.9 Å². The molecule has 70 valence electrons. The molecule has 1 aromatic heterocycles. The van der Waals surface area contributed by atoms with Gasteiger partial charge in [-0.1, -0.05) is 0 Å². The number of halogens is 1. The number of aromatic nitrogens is 2. The molecular formula is C9H11BrN2O. The van der Waals surface area contributed by atoms with Gasteiger partial charge in [-0.3, -0.25) is 4.68 Å². The van der Waals surface area contributed by atoms with Crippen molar-refractivity contribution in [1.29, 1.82) is 0 Å². The van der Waals surface area contributed by atoms with Crippen molar-refractivity contribution in [2.45, 2.75) is 18.9 Å². The van der Waals surface area contributed by atoms with E-state index in [9.17, 15) is 0 Å². The molecule has 0 amide bonds. The summed E-state index contributed by atoms with van der Waals surface area (Å²) in [6.45, 7) is 1.93. The fourth-order valence-corrected chi connectivity index (χ4v) is 2.57. The molecule has 0 bridgehead atoms. The van der Waals surface area contributed by atoms with Crippen LogP contribution in [0.1, 0.15) is 18.9 Å². The van der Waals surface area contributed by atoms with E-state index in [4.69, 9.17) is 4.74 Å². The standard InChI is InChI=1S/C9H11BrN2O/c10-7-3-11-12(4-7)8-1-9(2-8)5-13-6-9/h3-4,8H,1-2,5-6H2. The van der Waals surface area contributed by atoms with Crippen LogP contribution in [0, 0.1) is 5.41 Å². The highest BCUT2D eigenvalue weighted by molar-refractivity contribution is 9.10. The second-order valence-electron chi connectivity index (χ2n) is 4.19. The Bertz CT molecular complexity index is 324. The minimum Gasteiger partial charge on any atom is -0.380 e. The van der Waals surface area contributed by atoms with Gasteiger partial charge in [-0.2, -0.15) is 5.10 Å². The third-order valence-electron chi connectivity index (χ3n) is 3.10. The van der Waals surface area contributed by atoms with E-state index in [1.165, 1.54) is 12.8 Å². The largest absolute Gasteiger partial charge is 0.380 e. The molecule has 0 unspecified atom stereocenters. The first kappa shape index (κ1) is 8.00. The Balaban J connectivity index is 1.70. The summed E-state index contributed by atoms with van der Waals surface area (Å²) in [6.07, 6.45) is 6.38. The van der Waals surface area contributed by atoms with Crippen LogP contribution in [0.2, 0.25) is 0 Å². The Morgan fingerprint density at radius 1 is 1.54 bits per heavy atom. The molecule has 1 saturated heterocycles. The maximum absolute atomic E-state index is 5.23. The lowest BCUT2D eigenvalue weighted by Crippen LogP contribution is -2.52. The number of hydrogen-bond acceptors (Lipinski definition) is 2. The van der Waals surface area contributed by atoms with E-state index in [-0.39, 0.29) is 0 Å². The highest BCUT2D eigenvalue weighted by Gasteiger charge is 2.50. The zero-order valence-corrected chi connectivity index (χ0v) is 8.83. The van der Waals surface area contributed by atoms with Gasteiger partial charge in [-0.15, -0.1) is 0 Å². The third kappa shape index (κ3) is 1.15. The van der Waals surface area contributed by atoms with Gasteiger partial charge in [0.15, 0.2) is 0 Å². The first-order chi connectivity index (χ1) is 6.27. The molecule has 3 rings (SSSR count). The quantitative estimate of drug-likeness (QED) is 0.754. The van der Waals surface area contributed by atoms with Gasteiger partial charge in [0.2, 0.25) is 0 Å². The second kappa shape index (κ2) is 2.58. The third-order valence-corrected chi connectivity index (χ3v) is 3.51. The Labute approximate surface area is 85.2 Å². The van der Waals surface area contributed by atoms with Crippen LogP contribution in [0.4, 0.5) is 0 Å². The van der Waals surface area contributed by atoms with Crippen LogP contribution in [-0.2, 0) is 4.74 Å². The van der Waals surface area contributed by atoms with Crippen molar-refractivity contribution < 1.29 is 4.74 Å². The Morgan fingerprint density at radius 3 is 2.77 bits per heavy atom. The SMILES string of the molecule is Brc1cnn(C2CC3(COC3)C2)c1. The average Bonchev–Trinajstić information content (AvgIpc) is 2.29. The fourth-order valence-electron chi connectivity index (χ4n) is 2.27. The summed E-state index contributed by atoms with van der Waals surface area (Å²) in [5, 5.41) is 4.29. The predicted octanol–water partition coefficient (Wildman–Crippen LogP) is 2.00.